The van der Waals surface area contributed by atoms with Gasteiger partial charge >= 0.3 is 0 Å². The van der Waals surface area contributed by atoms with Crippen molar-refractivity contribution in [3.63, 3.8) is 0 Å². The van der Waals surface area contributed by atoms with Gasteiger partial charge in [-0.05, 0) is 88.6 Å². The number of nitrogens with zero attached hydrogens (tertiary/aromatic N) is 4. The van der Waals surface area contributed by atoms with Gasteiger partial charge in [0.05, 0.1) is 11.8 Å². The quantitative estimate of drug-likeness (QED) is 0.479. The maximum absolute atomic E-state index is 14.2. The lowest BCUT2D eigenvalue weighted by atomic mass is 9.89. The number of ether oxygens (including phenoxy) is 1. The van der Waals surface area contributed by atoms with Gasteiger partial charge in [-0.25, -0.2) is 14.4 Å². The zero-order chi connectivity index (χ0) is 25.9. The molecule has 3 aliphatic rings. The van der Waals surface area contributed by atoms with E-state index in [1.54, 1.807) is 11.1 Å². The molecule has 7 nitrogen and oxygen atoms in total. The Morgan fingerprint density at radius 2 is 1.92 bits per heavy atom. The number of anilines is 1. The molecule has 2 heterocycles. The van der Waals surface area contributed by atoms with Crippen LogP contribution in [0.5, 0.6) is 11.5 Å². The highest BCUT2D eigenvalue weighted by atomic mass is 19.1. The summed E-state index contributed by atoms with van der Waals surface area (Å²) in [5.41, 5.74) is 0.207. The van der Waals surface area contributed by atoms with Gasteiger partial charge in [0.1, 0.15) is 17.9 Å². The molecule has 2 aliphatic carbocycles. The number of nitrogens with one attached hydrogen (secondary N) is 1. The minimum Gasteiger partial charge on any atom is -0.451 e. The fraction of sp³-hybridized carbons (Fsp3) is 0.621. The van der Waals surface area contributed by atoms with Crippen molar-refractivity contribution in [1.29, 1.82) is 0 Å². The smallest absolute Gasteiger partial charge is 0.257 e. The Labute approximate surface area is 219 Å². The molecule has 1 saturated heterocycles. The Kier molecular flexibility index (Phi) is 7.93. The molecule has 2 aromatic rings. The van der Waals surface area contributed by atoms with Crippen LogP contribution in [0.25, 0.3) is 0 Å². The van der Waals surface area contributed by atoms with E-state index < -0.39 is 5.82 Å². The molecule has 0 radical (unpaired) electrons. The van der Waals surface area contributed by atoms with Crippen molar-refractivity contribution in [3.8, 4) is 11.5 Å². The van der Waals surface area contributed by atoms with Gasteiger partial charge in [-0.2, -0.15) is 0 Å². The summed E-state index contributed by atoms with van der Waals surface area (Å²) < 4.78 is 20.4. The average Bonchev–Trinajstić information content (AvgIpc) is 3.34. The van der Waals surface area contributed by atoms with Crippen molar-refractivity contribution in [2.45, 2.75) is 58.9 Å². The second-order valence-corrected chi connectivity index (χ2v) is 11.2. The molecule has 1 N–H and O–H groups in total. The van der Waals surface area contributed by atoms with E-state index in [4.69, 9.17) is 4.74 Å². The summed E-state index contributed by atoms with van der Waals surface area (Å²) in [6.07, 6.45) is 10.1. The van der Waals surface area contributed by atoms with Crippen LogP contribution in [0.2, 0.25) is 0 Å². The van der Waals surface area contributed by atoms with Crippen LogP contribution in [-0.2, 0) is 0 Å². The molecule has 1 aliphatic heterocycles. The highest BCUT2D eigenvalue weighted by molar-refractivity contribution is 5.97. The zero-order valence-corrected chi connectivity index (χ0v) is 22.3. The Balaban J connectivity index is 1.23. The summed E-state index contributed by atoms with van der Waals surface area (Å²) in [6, 6.07) is 4.08. The molecule has 200 valence electrons. The SMILES string of the molecule is CCN(C(=O)c1cc(F)ccc1Oc1cncnc1N1CC2C(CNCC3CCCCC3)C2C1)C(C)C. The van der Waals surface area contributed by atoms with Crippen LogP contribution in [0.15, 0.2) is 30.7 Å². The molecule has 5 rings (SSSR count). The lowest BCUT2D eigenvalue weighted by molar-refractivity contribution is 0.0713. The molecule has 8 heteroatoms. The van der Waals surface area contributed by atoms with Crippen molar-refractivity contribution in [3.05, 3.63) is 42.1 Å². The van der Waals surface area contributed by atoms with Crippen molar-refractivity contribution in [1.82, 2.24) is 20.2 Å². The lowest BCUT2D eigenvalue weighted by Gasteiger charge is -2.27. The Morgan fingerprint density at radius 1 is 1.16 bits per heavy atom. The predicted octanol–water partition coefficient (Wildman–Crippen LogP) is 5.13. The number of fused-ring (bicyclic) bond motifs is 1. The zero-order valence-electron chi connectivity index (χ0n) is 22.3. The molecule has 37 heavy (non-hydrogen) atoms. The average molecular weight is 510 g/mol. The third-order valence-corrected chi connectivity index (χ3v) is 8.48. The fourth-order valence-corrected chi connectivity index (χ4v) is 6.37. The van der Waals surface area contributed by atoms with E-state index in [1.165, 1.54) is 56.6 Å². The van der Waals surface area contributed by atoms with Crippen molar-refractivity contribution in [2.24, 2.45) is 23.7 Å². The number of aromatic nitrogens is 2. The van der Waals surface area contributed by atoms with E-state index in [0.29, 0.717) is 29.9 Å². The third kappa shape index (κ3) is 5.74. The topological polar surface area (TPSA) is 70.6 Å². The number of rotatable bonds is 10. The highest BCUT2D eigenvalue weighted by Gasteiger charge is 2.55. The summed E-state index contributed by atoms with van der Waals surface area (Å²) in [7, 11) is 0. The Morgan fingerprint density at radius 3 is 2.62 bits per heavy atom. The number of halogens is 1. The predicted molar refractivity (Wildman–Crippen MR) is 142 cm³/mol. The summed E-state index contributed by atoms with van der Waals surface area (Å²) in [5, 5.41) is 3.75. The minimum atomic E-state index is -0.470. The number of piperidine rings is 1. The van der Waals surface area contributed by atoms with Gasteiger partial charge in [0.2, 0.25) is 0 Å². The summed E-state index contributed by atoms with van der Waals surface area (Å²) >= 11 is 0. The lowest BCUT2D eigenvalue weighted by Crippen LogP contribution is -2.36. The van der Waals surface area contributed by atoms with Crippen LogP contribution in [-0.4, -0.2) is 59.5 Å². The summed E-state index contributed by atoms with van der Waals surface area (Å²) in [6.45, 7) is 10.5. The molecule has 1 aromatic heterocycles. The molecule has 2 unspecified atom stereocenters. The van der Waals surface area contributed by atoms with Gasteiger partial charge in [0, 0.05) is 25.7 Å². The first-order valence-electron chi connectivity index (χ1n) is 14.0. The Hall–Kier alpha value is -2.74. The van der Waals surface area contributed by atoms with E-state index in [-0.39, 0.29) is 17.5 Å². The van der Waals surface area contributed by atoms with E-state index in [0.717, 1.165) is 43.8 Å². The molecule has 1 amide bonds. The van der Waals surface area contributed by atoms with Gasteiger partial charge in [-0.15, -0.1) is 0 Å². The molecule has 0 bridgehead atoms. The van der Waals surface area contributed by atoms with Gasteiger partial charge in [-0.3, -0.25) is 4.79 Å². The van der Waals surface area contributed by atoms with E-state index in [2.05, 4.69) is 20.2 Å². The minimum absolute atomic E-state index is 0.00865. The number of amides is 1. The Bertz CT molecular complexity index is 1080. The standard InChI is InChI=1S/C29H40FN5O2/c1-4-35(19(2)3)29(36)22-12-21(30)10-11-26(22)37-27-15-32-18-33-28(27)34-16-24-23(25(24)17-34)14-31-13-20-8-6-5-7-9-20/h10-12,15,18-20,23-25,31H,4-9,13-14,16-17H2,1-3H3. The number of hydrogen-bond acceptors (Lipinski definition) is 6. The molecule has 3 fully saturated rings. The first-order valence-corrected chi connectivity index (χ1v) is 14.0. The van der Waals surface area contributed by atoms with Gasteiger partial charge in [0.25, 0.3) is 5.91 Å². The van der Waals surface area contributed by atoms with Gasteiger partial charge in [-0.1, -0.05) is 19.3 Å². The molecule has 1 aromatic carbocycles. The van der Waals surface area contributed by atoms with Crippen LogP contribution >= 0.6 is 0 Å². The maximum Gasteiger partial charge on any atom is 0.257 e. The largest absolute Gasteiger partial charge is 0.451 e. The van der Waals surface area contributed by atoms with Gasteiger partial charge < -0.3 is 19.9 Å². The van der Waals surface area contributed by atoms with Crippen molar-refractivity contribution < 1.29 is 13.9 Å². The fourth-order valence-electron chi connectivity index (χ4n) is 6.37. The maximum atomic E-state index is 14.2. The van der Waals surface area contributed by atoms with Crippen LogP contribution in [0.1, 0.15) is 63.2 Å². The van der Waals surface area contributed by atoms with Crippen LogP contribution in [0.3, 0.4) is 0 Å². The van der Waals surface area contributed by atoms with E-state index >= 15 is 0 Å². The number of hydrogen-bond donors (Lipinski definition) is 1. The molecule has 0 spiro atoms. The normalized spacial score (nSPS) is 23.3. The molecule has 2 saturated carbocycles. The second-order valence-electron chi connectivity index (χ2n) is 11.2. The van der Waals surface area contributed by atoms with Crippen LogP contribution in [0, 0.1) is 29.5 Å². The highest BCUT2D eigenvalue weighted by Crippen LogP contribution is 2.53. The van der Waals surface area contributed by atoms with Crippen LogP contribution in [0.4, 0.5) is 10.2 Å². The molecular formula is C29H40FN5O2. The summed E-state index contributed by atoms with van der Waals surface area (Å²) in [5.74, 6) is 3.76. The van der Waals surface area contributed by atoms with E-state index in [1.807, 2.05) is 20.8 Å². The van der Waals surface area contributed by atoms with Crippen LogP contribution < -0.4 is 15.0 Å². The first-order chi connectivity index (χ1) is 18.0. The summed E-state index contributed by atoms with van der Waals surface area (Å²) in [4.78, 5) is 25.9. The number of benzene rings is 1. The molecular weight excluding hydrogens is 469 g/mol. The van der Waals surface area contributed by atoms with Crippen molar-refractivity contribution in [2.75, 3.05) is 37.6 Å². The monoisotopic (exact) mass is 509 g/mol. The second kappa shape index (κ2) is 11.3. The first kappa shape index (κ1) is 25.9. The number of carbonyl (C=O) groups excluding carboxylic acids is 1. The van der Waals surface area contributed by atoms with E-state index in [9.17, 15) is 9.18 Å². The third-order valence-electron chi connectivity index (χ3n) is 8.48. The van der Waals surface area contributed by atoms with Crippen molar-refractivity contribution >= 4 is 11.7 Å². The number of carbonyl (C=O) groups is 1. The van der Waals surface area contributed by atoms with Gasteiger partial charge in [0.15, 0.2) is 11.6 Å². The molecule has 2 atom stereocenters.